The van der Waals surface area contributed by atoms with Crippen molar-refractivity contribution < 1.29 is 9.53 Å². The number of nitrogens with one attached hydrogen (secondary N) is 2. The number of benzene rings is 2. The highest BCUT2D eigenvalue weighted by Gasteiger charge is 2.17. The molecule has 6 nitrogen and oxygen atoms in total. The number of morpholine rings is 1. The first-order chi connectivity index (χ1) is 13.2. The molecule has 7 heteroatoms. The normalized spacial score (nSPS) is 16.2. The first-order valence-electron chi connectivity index (χ1n) is 9.04. The van der Waals surface area contributed by atoms with Crippen molar-refractivity contribution in [2.75, 3.05) is 25.0 Å². The van der Waals surface area contributed by atoms with E-state index in [0.717, 1.165) is 35.6 Å². The summed E-state index contributed by atoms with van der Waals surface area (Å²) >= 11 is 0. The van der Waals surface area contributed by atoms with Gasteiger partial charge < -0.3 is 15.4 Å². The van der Waals surface area contributed by atoms with Crippen LogP contribution in [0.1, 0.15) is 22.2 Å². The monoisotopic (exact) mass is 398 g/mol. The second-order valence-corrected chi connectivity index (χ2v) is 6.54. The van der Waals surface area contributed by atoms with Crippen molar-refractivity contribution in [3.8, 4) is 11.3 Å². The Morgan fingerprint density at radius 3 is 2.61 bits per heavy atom. The van der Waals surface area contributed by atoms with Crippen LogP contribution < -0.4 is 10.6 Å². The molecule has 0 aliphatic carbocycles. The van der Waals surface area contributed by atoms with Crippen molar-refractivity contribution >= 4 is 24.0 Å². The van der Waals surface area contributed by atoms with Crippen LogP contribution in [0.3, 0.4) is 0 Å². The lowest BCUT2D eigenvalue weighted by atomic mass is 10.1. The van der Waals surface area contributed by atoms with Crippen LogP contribution in [0, 0.1) is 0 Å². The third-order valence-electron chi connectivity index (χ3n) is 4.65. The number of rotatable bonds is 4. The summed E-state index contributed by atoms with van der Waals surface area (Å²) in [7, 11) is 1.78. The third kappa shape index (κ3) is 4.42. The fourth-order valence-corrected chi connectivity index (χ4v) is 3.19. The standard InChI is InChI=1S/C21H22N4O2.ClH/c1-25-19(13-18(24-25)15-5-3-2-4-6-15)21(26)23-17-9-7-16(8-10-17)20-14-22-11-12-27-20;/h2-10,13,20,22H,11-12,14H2,1H3,(H,23,26);1H/t20-;/m1./s1. The van der Waals surface area contributed by atoms with E-state index in [1.165, 1.54) is 0 Å². The van der Waals surface area contributed by atoms with Crippen molar-refractivity contribution in [2.24, 2.45) is 7.05 Å². The van der Waals surface area contributed by atoms with Gasteiger partial charge in [-0.15, -0.1) is 12.4 Å². The number of aryl methyl sites for hydroxylation is 1. The lowest BCUT2D eigenvalue weighted by Gasteiger charge is -2.24. The van der Waals surface area contributed by atoms with Crippen LogP contribution in [0.15, 0.2) is 60.7 Å². The molecule has 0 unspecified atom stereocenters. The van der Waals surface area contributed by atoms with E-state index in [4.69, 9.17) is 4.74 Å². The summed E-state index contributed by atoms with van der Waals surface area (Å²) in [6, 6.07) is 19.4. The predicted octanol–water partition coefficient (Wildman–Crippen LogP) is 3.42. The molecule has 2 N–H and O–H groups in total. The predicted molar refractivity (Wildman–Crippen MR) is 112 cm³/mol. The van der Waals surface area contributed by atoms with Crippen LogP contribution in [0.4, 0.5) is 5.69 Å². The Balaban J connectivity index is 0.00000225. The van der Waals surface area contributed by atoms with Crippen LogP contribution in [0.5, 0.6) is 0 Å². The molecule has 0 bridgehead atoms. The molecule has 4 rings (SSSR count). The van der Waals surface area contributed by atoms with Gasteiger partial charge in [0.15, 0.2) is 0 Å². The first kappa shape index (κ1) is 20.1. The molecule has 1 fully saturated rings. The minimum Gasteiger partial charge on any atom is -0.371 e. The van der Waals surface area contributed by atoms with Crippen molar-refractivity contribution in [3.63, 3.8) is 0 Å². The minimum atomic E-state index is -0.185. The van der Waals surface area contributed by atoms with Gasteiger partial charge in [0, 0.05) is 31.4 Å². The molecule has 2 heterocycles. The van der Waals surface area contributed by atoms with Crippen LogP contribution in [0.25, 0.3) is 11.3 Å². The minimum absolute atomic E-state index is 0. The summed E-state index contributed by atoms with van der Waals surface area (Å²) < 4.78 is 7.36. The maximum atomic E-state index is 12.7. The van der Waals surface area contributed by atoms with E-state index >= 15 is 0 Å². The van der Waals surface area contributed by atoms with Crippen molar-refractivity contribution in [3.05, 3.63) is 71.9 Å². The molecule has 1 atom stereocenters. The Morgan fingerprint density at radius 2 is 1.93 bits per heavy atom. The average molecular weight is 399 g/mol. The number of anilines is 1. The molecule has 1 aromatic heterocycles. The number of aromatic nitrogens is 2. The Morgan fingerprint density at radius 1 is 1.18 bits per heavy atom. The summed E-state index contributed by atoms with van der Waals surface area (Å²) in [5, 5.41) is 10.7. The molecule has 1 amide bonds. The quantitative estimate of drug-likeness (QED) is 0.706. The maximum Gasteiger partial charge on any atom is 0.273 e. The molecule has 1 aliphatic rings. The maximum absolute atomic E-state index is 12.7. The zero-order valence-electron chi connectivity index (χ0n) is 15.6. The van der Waals surface area contributed by atoms with E-state index in [0.29, 0.717) is 12.3 Å². The van der Waals surface area contributed by atoms with E-state index in [-0.39, 0.29) is 24.4 Å². The van der Waals surface area contributed by atoms with Crippen LogP contribution >= 0.6 is 12.4 Å². The van der Waals surface area contributed by atoms with Gasteiger partial charge in [0.05, 0.1) is 18.4 Å². The number of hydrogen-bond donors (Lipinski definition) is 2. The number of carbonyl (C=O) groups is 1. The molecular formula is C21H23ClN4O2. The van der Waals surface area contributed by atoms with E-state index in [1.54, 1.807) is 17.8 Å². The number of carbonyl (C=O) groups excluding carboxylic acids is 1. The smallest absolute Gasteiger partial charge is 0.273 e. The van der Waals surface area contributed by atoms with Crippen LogP contribution in [-0.2, 0) is 11.8 Å². The Kier molecular flexibility index (Phi) is 6.46. The van der Waals surface area contributed by atoms with Crippen molar-refractivity contribution in [1.29, 1.82) is 0 Å². The average Bonchev–Trinajstić information content (AvgIpc) is 3.12. The fraction of sp³-hybridized carbons (Fsp3) is 0.238. The molecule has 0 radical (unpaired) electrons. The van der Waals surface area contributed by atoms with Gasteiger partial charge in [-0.05, 0) is 23.8 Å². The highest BCUT2D eigenvalue weighted by atomic mass is 35.5. The van der Waals surface area contributed by atoms with Gasteiger partial charge >= 0.3 is 0 Å². The van der Waals surface area contributed by atoms with Gasteiger partial charge in [0.25, 0.3) is 5.91 Å². The molecule has 1 saturated heterocycles. The third-order valence-corrected chi connectivity index (χ3v) is 4.65. The lowest BCUT2D eigenvalue weighted by Crippen LogP contribution is -2.33. The molecule has 3 aromatic rings. The van der Waals surface area contributed by atoms with Crippen LogP contribution in [-0.4, -0.2) is 35.4 Å². The number of amides is 1. The zero-order chi connectivity index (χ0) is 18.6. The molecule has 28 heavy (non-hydrogen) atoms. The van der Waals surface area contributed by atoms with E-state index < -0.39 is 0 Å². The van der Waals surface area contributed by atoms with Gasteiger partial charge in [-0.25, -0.2) is 0 Å². The van der Waals surface area contributed by atoms with Gasteiger partial charge in [-0.2, -0.15) is 5.10 Å². The topological polar surface area (TPSA) is 68.2 Å². The Bertz CT molecular complexity index is 919. The van der Waals surface area contributed by atoms with Gasteiger partial charge in [-0.1, -0.05) is 42.5 Å². The van der Waals surface area contributed by atoms with Crippen LogP contribution in [0.2, 0.25) is 0 Å². The van der Waals surface area contributed by atoms with Crippen molar-refractivity contribution in [1.82, 2.24) is 15.1 Å². The fourth-order valence-electron chi connectivity index (χ4n) is 3.19. The molecule has 0 spiro atoms. The summed E-state index contributed by atoms with van der Waals surface area (Å²) in [5.74, 6) is -0.185. The number of ether oxygens (including phenoxy) is 1. The van der Waals surface area contributed by atoms with E-state index in [2.05, 4.69) is 15.7 Å². The second kappa shape index (κ2) is 9.01. The molecule has 146 valence electrons. The number of hydrogen-bond acceptors (Lipinski definition) is 4. The van der Waals surface area contributed by atoms with E-state index in [1.807, 2.05) is 54.6 Å². The highest BCUT2D eigenvalue weighted by Crippen LogP contribution is 2.22. The molecule has 0 saturated carbocycles. The summed E-state index contributed by atoms with van der Waals surface area (Å²) in [5.41, 5.74) is 4.12. The van der Waals surface area contributed by atoms with E-state index in [9.17, 15) is 4.79 Å². The Hall–Kier alpha value is -2.67. The van der Waals surface area contributed by atoms with Gasteiger partial charge in [-0.3, -0.25) is 9.48 Å². The second-order valence-electron chi connectivity index (χ2n) is 6.54. The largest absolute Gasteiger partial charge is 0.371 e. The highest BCUT2D eigenvalue weighted by molar-refractivity contribution is 6.03. The molecule has 1 aliphatic heterocycles. The zero-order valence-corrected chi connectivity index (χ0v) is 16.4. The van der Waals surface area contributed by atoms with Crippen molar-refractivity contribution in [2.45, 2.75) is 6.10 Å². The molecular weight excluding hydrogens is 376 g/mol. The Labute approximate surface area is 170 Å². The number of nitrogens with zero attached hydrogens (tertiary/aromatic N) is 2. The lowest BCUT2D eigenvalue weighted by molar-refractivity contribution is 0.0277. The van der Waals surface area contributed by atoms with Gasteiger partial charge in [0.1, 0.15) is 5.69 Å². The summed E-state index contributed by atoms with van der Waals surface area (Å²) in [6.45, 7) is 2.41. The number of halogens is 1. The first-order valence-corrected chi connectivity index (χ1v) is 9.04. The summed E-state index contributed by atoms with van der Waals surface area (Å²) in [6.07, 6.45) is 0.0639. The molecule has 2 aromatic carbocycles. The summed E-state index contributed by atoms with van der Waals surface area (Å²) in [4.78, 5) is 12.7. The van der Waals surface area contributed by atoms with Gasteiger partial charge in [0.2, 0.25) is 0 Å². The SMILES string of the molecule is Cl.Cn1nc(-c2ccccc2)cc1C(=O)Nc1ccc([C@H]2CNCCO2)cc1.